The molecular weight excluding hydrogens is 156 g/mol. The second-order valence-electron chi connectivity index (χ2n) is 3.54. The van der Waals surface area contributed by atoms with E-state index in [1.54, 1.807) is 0 Å². The Morgan fingerprint density at radius 3 is 2.38 bits per heavy atom. The summed E-state index contributed by atoms with van der Waals surface area (Å²) < 4.78 is 0. The lowest BCUT2D eigenvalue weighted by Crippen LogP contribution is -2.06. The molecule has 69 valence electrons. The Kier molecular flexibility index (Phi) is 3.75. The highest BCUT2D eigenvalue weighted by molar-refractivity contribution is 5.32. The average Bonchev–Trinajstić information content (AvgIpc) is 2.15. The molecule has 0 bridgehead atoms. The Hall–Kier alpha value is -1.04. The van der Waals surface area contributed by atoms with Crippen LogP contribution in [-0.4, -0.2) is 0 Å². The third kappa shape index (κ3) is 2.73. The number of hydrogen-bond donors (Lipinski definition) is 0. The first-order chi connectivity index (χ1) is 6.25. The predicted molar refractivity (Wildman–Crippen MR) is 58.4 cm³/mol. The van der Waals surface area contributed by atoms with Crippen LogP contribution >= 0.6 is 0 Å². The van der Waals surface area contributed by atoms with Crippen LogP contribution in [0.15, 0.2) is 43.0 Å². The molecule has 0 unspecified atom stereocenters. The Bertz CT molecular complexity index is 246. The smallest absolute Gasteiger partial charge is 0.0112 e. The quantitative estimate of drug-likeness (QED) is 0.607. The van der Waals surface area contributed by atoms with Crippen molar-refractivity contribution in [2.45, 2.75) is 20.3 Å². The molecule has 1 radical (unpaired) electrons. The summed E-state index contributed by atoms with van der Waals surface area (Å²) in [4.78, 5) is 0. The first-order valence-electron chi connectivity index (χ1n) is 4.77. The van der Waals surface area contributed by atoms with Gasteiger partial charge in [-0.1, -0.05) is 50.3 Å². The molecule has 1 rings (SSSR count). The van der Waals surface area contributed by atoms with Crippen molar-refractivity contribution in [3.63, 3.8) is 0 Å². The molecule has 0 spiro atoms. The van der Waals surface area contributed by atoms with E-state index < -0.39 is 0 Å². The molecule has 1 aromatic rings. The van der Waals surface area contributed by atoms with E-state index in [1.165, 1.54) is 11.5 Å². The highest BCUT2D eigenvalue weighted by Crippen LogP contribution is 2.26. The first kappa shape index (κ1) is 10.0. The van der Waals surface area contributed by atoms with Gasteiger partial charge >= 0.3 is 0 Å². The van der Waals surface area contributed by atoms with Crippen molar-refractivity contribution in [3.05, 3.63) is 54.5 Å². The van der Waals surface area contributed by atoms with Gasteiger partial charge in [0, 0.05) is 5.92 Å². The van der Waals surface area contributed by atoms with Crippen LogP contribution in [0.4, 0.5) is 0 Å². The normalized spacial score (nSPS) is 10.8. The topological polar surface area (TPSA) is 0 Å². The lowest BCUT2D eigenvalue weighted by atomic mass is 9.86. The minimum absolute atomic E-state index is 0.598. The fourth-order valence-corrected chi connectivity index (χ4v) is 1.49. The van der Waals surface area contributed by atoms with E-state index in [0.29, 0.717) is 5.92 Å². The summed E-state index contributed by atoms with van der Waals surface area (Å²) in [7, 11) is 0. The van der Waals surface area contributed by atoms with E-state index in [2.05, 4.69) is 50.8 Å². The van der Waals surface area contributed by atoms with Gasteiger partial charge in [-0.2, -0.15) is 0 Å². The number of benzene rings is 1. The molecule has 0 amide bonds. The maximum Gasteiger partial charge on any atom is 0.0112 e. The van der Waals surface area contributed by atoms with Crippen molar-refractivity contribution >= 4 is 0 Å². The molecule has 0 fully saturated rings. The van der Waals surface area contributed by atoms with Crippen LogP contribution in [0, 0.1) is 11.8 Å². The van der Waals surface area contributed by atoms with Crippen LogP contribution in [0.2, 0.25) is 0 Å². The molecule has 1 aromatic carbocycles. The maximum absolute atomic E-state index is 3.79. The van der Waals surface area contributed by atoms with Crippen molar-refractivity contribution < 1.29 is 0 Å². The Labute approximate surface area is 81.3 Å². The van der Waals surface area contributed by atoms with Crippen LogP contribution < -0.4 is 0 Å². The molecule has 0 heteroatoms. The summed E-state index contributed by atoms with van der Waals surface area (Å²) in [6.45, 7) is 8.24. The summed E-state index contributed by atoms with van der Waals surface area (Å²) in [5.74, 6) is 2.07. The molecule has 0 aliphatic rings. The van der Waals surface area contributed by atoms with Gasteiger partial charge in [0.2, 0.25) is 0 Å². The van der Waals surface area contributed by atoms with E-state index in [-0.39, 0.29) is 0 Å². The molecular formula is C13H17. The molecule has 13 heavy (non-hydrogen) atoms. The maximum atomic E-state index is 3.79. The second-order valence-corrected chi connectivity index (χ2v) is 3.54. The van der Waals surface area contributed by atoms with Crippen molar-refractivity contribution in [1.82, 2.24) is 0 Å². The summed E-state index contributed by atoms with van der Waals surface area (Å²) in [6.07, 6.45) is 2.96. The Morgan fingerprint density at radius 1 is 1.31 bits per heavy atom. The van der Waals surface area contributed by atoms with E-state index in [4.69, 9.17) is 0 Å². The minimum Gasteiger partial charge on any atom is -0.103 e. The molecule has 0 saturated carbocycles. The average molecular weight is 173 g/mol. The number of hydrogen-bond acceptors (Lipinski definition) is 0. The summed E-state index contributed by atoms with van der Waals surface area (Å²) in [5.41, 5.74) is 1.34. The van der Waals surface area contributed by atoms with Gasteiger partial charge in [-0.25, -0.2) is 0 Å². The van der Waals surface area contributed by atoms with Crippen LogP contribution in [0.3, 0.4) is 0 Å². The van der Waals surface area contributed by atoms with Crippen LogP contribution in [0.25, 0.3) is 0 Å². The van der Waals surface area contributed by atoms with Crippen molar-refractivity contribution in [2.75, 3.05) is 0 Å². The third-order valence-electron chi connectivity index (χ3n) is 2.21. The third-order valence-corrected chi connectivity index (χ3v) is 2.21. The largest absolute Gasteiger partial charge is 0.103 e. The molecule has 0 atom stereocenters. The van der Waals surface area contributed by atoms with E-state index in [1.807, 2.05) is 6.08 Å². The van der Waals surface area contributed by atoms with Gasteiger partial charge in [-0.15, -0.1) is 6.58 Å². The van der Waals surface area contributed by atoms with E-state index >= 15 is 0 Å². The van der Waals surface area contributed by atoms with Gasteiger partial charge in [-0.3, -0.25) is 0 Å². The second kappa shape index (κ2) is 4.86. The summed E-state index contributed by atoms with van der Waals surface area (Å²) in [5, 5.41) is 0. The zero-order valence-corrected chi connectivity index (χ0v) is 8.46. The first-order valence-corrected chi connectivity index (χ1v) is 4.77. The number of allylic oxidation sites excluding steroid dienone is 1. The highest BCUT2D eigenvalue weighted by atomic mass is 14.2. The molecule has 0 nitrogen and oxygen atoms in total. The standard InChI is InChI=1S/C13H17/c1-4-8-13(11(2)3)12-9-6-5-7-10-12/h4-7,9-11H,1,8H2,2-3H3. The lowest BCUT2D eigenvalue weighted by molar-refractivity contribution is 0.663. The predicted octanol–water partition coefficient (Wildman–Crippen LogP) is 3.84. The van der Waals surface area contributed by atoms with Gasteiger partial charge < -0.3 is 0 Å². The molecule has 0 N–H and O–H groups in total. The lowest BCUT2D eigenvalue weighted by Gasteiger charge is -2.18. The van der Waals surface area contributed by atoms with Gasteiger partial charge in [0.05, 0.1) is 0 Å². The van der Waals surface area contributed by atoms with Crippen molar-refractivity contribution in [1.29, 1.82) is 0 Å². The Balaban J connectivity index is 2.82. The van der Waals surface area contributed by atoms with Crippen LogP contribution in [0.5, 0.6) is 0 Å². The van der Waals surface area contributed by atoms with E-state index in [9.17, 15) is 0 Å². The molecule has 0 saturated heterocycles. The summed E-state index contributed by atoms with van der Waals surface area (Å²) in [6, 6.07) is 10.6. The fourth-order valence-electron chi connectivity index (χ4n) is 1.49. The van der Waals surface area contributed by atoms with Crippen molar-refractivity contribution in [2.24, 2.45) is 5.92 Å². The summed E-state index contributed by atoms with van der Waals surface area (Å²) >= 11 is 0. The van der Waals surface area contributed by atoms with Gasteiger partial charge in [0.1, 0.15) is 0 Å². The molecule has 0 aliphatic heterocycles. The van der Waals surface area contributed by atoms with E-state index in [0.717, 1.165) is 6.42 Å². The molecule has 0 aromatic heterocycles. The van der Waals surface area contributed by atoms with Crippen molar-refractivity contribution in [3.8, 4) is 0 Å². The molecule has 0 heterocycles. The monoisotopic (exact) mass is 173 g/mol. The molecule has 0 aliphatic carbocycles. The highest BCUT2D eigenvalue weighted by Gasteiger charge is 2.13. The Morgan fingerprint density at radius 2 is 1.92 bits per heavy atom. The zero-order chi connectivity index (χ0) is 9.68. The van der Waals surface area contributed by atoms with Crippen LogP contribution in [0.1, 0.15) is 25.8 Å². The van der Waals surface area contributed by atoms with Gasteiger partial charge in [-0.05, 0) is 17.9 Å². The van der Waals surface area contributed by atoms with Crippen LogP contribution in [-0.2, 0) is 0 Å². The van der Waals surface area contributed by atoms with Gasteiger partial charge in [0.25, 0.3) is 0 Å². The van der Waals surface area contributed by atoms with Gasteiger partial charge in [0.15, 0.2) is 0 Å². The minimum atomic E-state index is 0.598. The zero-order valence-electron chi connectivity index (χ0n) is 8.46. The fraction of sp³-hybridized carbons (Fsp3) is 0.308. The SMILES string of the molecule is C=CC[C](c1ccccc1)C(C)C. The number of rotatable bonds is 4.